The highest BCUT2D eigenvalue weighted by Gasteiger charge is 2.48. The summed E-state index contributed by atoms with van der Waals surface area (Å²) in [5.41, 5.74) is -0.415. The molecule has 0 N–H and O–H groups in total. The number of carbonyl (C=O) groups excluding carboxylic acids is 3. The van der Waals surface area contributed by atoms with Gasteiger partial charge in [-0.1, -0.05) is 198 Å². The molecule has 2 aromatic rings. The van der Waals surface area contributed by atoms with Gasteiger partial charge in [-0.25, -0.2) is 4.79 Å². The van der Waals surface area contributed by atoms with Crippen molar-refractivity contribution in [2.75, 3.05) is 13.2 Å². The minimum absolute atomic E-state index is 0.271. The third-order valence-electron chi connectivity index (χ3n) is 12.1. The van der Waals surface area contributed by atoms with Gasteiger partial charge in [-0.2, -0.15) is 0 Å². The number of ketones is 1. The van der Waals surface area contributed by atoms with Gasteiger partial charge in [-0.3, -0.25) is 9.59 Å². The van der Waals surface area contributed by atoms with Gasteiger partial charge >= 0.3 is 11.9 Å². The number of ether oxygens (including phenoxy) is 4. The van der Waals surface area contributed by atoms with Crippen LogP contribution < -0.4 is 0 Å². The Morgan fingerprint density at radius 1 is 0.644 bits per heavy atom. The molecule has 1 aliphatic heterocycles. The first-order valence-electron chi connectivity index (χ1n) is 24.1. The Morgan fingerprint density at radius 2 is 1.15 bits per heavy atom. The highest BCUT2D eigenvalue weighted by Crippen LogP contribution is 2.39. The summed E-state index contributed by atoms with van der Waals surface area (Å²) in [5, 5.41) is 0. The predicted molar refractivity (Wildman–Crippen MR) is 240 cm³/mol. The Bertz CT molecular complexity index is 1330. The van der Waals surface area contributed by atoms with Crippen LogP contribution in [0.4, 0.5) is 0 Å². The Balaban J connectivity index is 1.70. The number of hydrogen-bond acceptors (Lipinski definition) is 7. The summed E-state index contributed by atoms with van der Waals surface area (Å²) in [5.74, 6) is -0.596. The van der Waals surface area contributed by atoms with E-state index < -0.39 is 17.9 Å². The summed E-state index contributed by atoms with van der Waals surface area (Å²) in [6.07, 6.45) is 26.2. The van der Waals surface area contributed by atoms with Crippen LogP contribution in [0.5, 0.6) is 0 Å². The van der Waals surface area contributed by atoms with Crippen molar-refractivity contribution < 1.29 is 33.3 Å². The van der Waals surface area contributed by atoms with E-state index in [9.17, 15) is 14.4 Å². The van der Waals surface area contributed by atoms with Crippen LogP contribution in [0.2, 0.25) is 0 Å². The normalized spacial score (nSPS) is 15.8. The highest BCUT2D eigenvalue weighted by atomic mass is 16.7. The summed E-state index contributed by atoms with van der Waals surface area (Å²) in [7, 11) is 0. The molecule has 0 radical (unpaired) electrons. The Labute approximate surface area is 359 Å². The van der Waals surface area contributed by atoms with E-state index >= 15 is 0 Å². The van der Waals surface area contributed by atoms with Gasteiger partial charge in [0.05, 0.1) is 12.5 Å². The number of esters is 2. The SMILES string of the molecule is CCCCCCCCCCCCCCCCCC(OC(=O)C1CCOC1)OC(C(=O)OC(CC)CC(C)CCCC(=O)CCCCC)(c1ccccc1)c1ccccc1. The van der Waals surface area contributed by atoms with E-state index in [0.717, 1.165) is 51.4 Å². The molecule has 7 heteroatoms. The summed E-state index contributed by atoms with van der Waals surface area (Å²) in [6.45, 7) is 9.50. The van der Waals surface area contributed by atoms with Crippen LogP contribution in [-0.4, -0.2) is 43.3 Å². The third kappa shape index (κ3) is 19.5. The largest absolute Gasteiger partial charge is 0.460 e. The van der Waals surface area contributed by atoms with Crippen molar-refractivity contribution in [3.63, 3.8) is 0 Å². The lowest BCUT2D eigenvalue weighted by molar-refractivity contribution is -0.225. The lowest BCUT2D eigenvalue weighted by Crippen LogP contribution is -2.46. The molecule has 0 spiro atoms. The molecule has 7 nitrogen and oxygen atoms in total. The molecule has 2 aromatic carbocycles. The number of Topliss-reactive ketones (excluding diaryl/α,β-unsaturated/α-hetero) is 1. The van der Waals surface area contributed by atoms with Crippen molar-refractivity contribution in [2.45, 2.75) is 213 Å². The smallest absolute Gasteiger partial charge is 0.348 e. The van der Waals surface area contributed by atoms with E-state index in [0.29, 0.717) is 68.6 Å². The van der Waals surface area contributed by atoms with Gasteiger partial charge in [0.1, 0.15) is 11.9 Å². The fourth-order valence-electron chi connectivity index (χ4n) is 8.34. The predicted octanol–water partition coefficient (Wildman–Crippen LogP) is 13.8. The zero-order chi connectivity index (χ0) is 42.4. The molecule has 0 amide bonds. The fraction of sp³-hybridized carbons (Fsp3) is 0.712. The minimum atomic E-state index is -1.67. The van der Waals surface area contributed by atoms with E-state index in [1.165, 1.54) is 77.0 Å². The minimum Gasteiger partial charge on any atom is -0.460 e. The fourth-order valence-corrected chi connectivity index (χ4v) is 8.34. The number of carbonyl (C=O) groups is 3. The number of rotatable bonds is 35. The molecule has 0 saturated carbocycles. The monoisotopic (exact) mass is 819 g/mol. The average Bonchev–Trinajstić information content (AvgIpc) is 3.80. The topological polar surface area (TPSA) is 88.1 Å². The first-order valence-corrected chi connectivity index (χ1v) is 24.1. The zero-order valence-electron chi connectivity index (χ0n) is 37.7. The lowest BCUT2D eigenvalue weighted by atomic mass is 9.85. The van der Waals surface area contributed by atoms with Crippen molar-refractivity contribution in [1.82, 2.24) is 0 Å². The van der Waals surface area contributed by atoms with Crippen LogP contribution in [-0.2, 0) is 38.9 Å². The summed E-state index contributed by atoms with van der Waals surface area (Å²) in [6, 6.07) is 19.0. The molecular formula is C52H82O7. The van der Waals surface area contributed by atoms with Gasteiger partial charge in [0, 0.05) is 25.9 Å². The van der Waals surface area contributed by atoms with Gasteiger partial charge in [-0.05, 0) is 55.6 Å². The lowest BCUT2D eigenvalue weighted by Gasteiger charge is -2.37. The van der Waals surface area contributed by atoms with Crippen LogP contribution in [0.25, 0.3) is 0 Å². The van der Waals surface area contributed by atoms with Crippen LogP contribution >= 0.6 is 0 Å². The van der Waals surface area contributed by atoms with E-state index in [-0.39, 0.29) is 23.9 Å². The summed E-state index contributed by atoms with van der Waals surface area (Å²) < 4.78 is 25.2. The Hall–Kier alpha value is -3.03. The van der Waals surface area contributed by atoms with Crippen molar-refractivity contribution in [3.05, 3.63) is 71.8 Å². The molecule has 1 saturated heterocycles. The Morgan fingerprint density at radius 3 is 1.66 bits per heavy atom. The molecule has 1 fully saturated rings. The maximum Gasteiger partial charge on any atom is 0.348 e. The van der Waals surface area contributed by atoms with Gasteiger partial charge < -0.3 is 18.9 Å². The zero-order valence-corrected chi connectivity index (χ0v) is 37.7. The second kappa shape index (κ2) is 30.9. The van der Waals surface area contributed by atoms with Crippen LogP contribution in [0.1, 0.15) is 206 Å². The molecular weight excluding hydrogens is 737 g/mol. The second-order valence-corrected chi connectivity index (χ2v) is 17.4. The Kier molecular flexibility index (Phi) is 26.4. The molecule has 0 aliphatic carbocycles. The second-order valence-electron chi connectivity index (χ2n) is 17.4. The number of unbranched alkanes of at least 4 members (excludes halogenated alkanes) is 16. The maximum absolute atomic E-state index is 15.0. The molecule has 0 aromatic heterocycles. The van der Waals surface area contributed by atoms with Crippen LogP contribution in [0.15, 0.2) is 60.7 Å². The molecule has 4 unspecified atom stereocenters. The molecule has 1 aliphatic rings. The first kappa shape index (κ1) is 50.3. The van der Waals surface area contributed by atoms with Crippen molar-refractivity contribution in [2.24, 2.45) is 11.8 Å². The van der Waals surface area contributed by atoms with Crippen LogP contribution in [0, 0.1) is 11.8 Å². The van der Waals surface area contributed by atoms with E-state index in [1.807, 2.05) is 67.6 Å². The first-order chi connectivity index (χ1) is 28.8. The molecule has 3 rings (SSSR count). The molecule has 0 bridgehead atoms. The molecule has 59 heavy (non-hydrogen) atoms. The van der Waals surface area contributed by atoms with Gasteiger partial charge in [0.2, 0.25) is 11.9 Å². The van der Waals surface area contributed by atoms with E-state index in [2.05, 4.69) is 20.8 Å². The van der Waals surface area contributed by atoms with E-state index in [1.54, 1.807) is 0 Å². The molecule has 4 atom stereocenters. The highest BCUT2D eigenvalue weighted by molar-refractivity contribution is 5.86. The third-order valence-corrected chi connectivity index (χ3v) is 12.1. The quantitative estimate of drug-likeness (QED) is 0.0389. The van der Waals surface area contributed by atoms with Crippen LogP contribution in [0.3, 0.4) is 0 Å². The summed E-state index contributed by atoms with van der Waals surface area (Å²) >= 11 is 0. The average molecular weight is 819 g/mol. The molecule has 332 valence electrons. The van der Waals surface area contributed by atoms with Gasteiger partial charge in [-0.15, -0.1) is 0 Å². The van der Waals surface area contributed by atoms with Crippen molar-refractivity contribution in [1.29, 1.82) is 0 Å². The van der Waals surface area contributed by atoms with Gasteiger partial charge in [0.25, 0.3) is 0 Å². The number of benzene rings is 2. The van der Waals surface area contributed by atoms with Crippen molar-refractivity contribution >= 4 is 17.7 Å². The molecule has 1 heterocycles. The van der Waals surface area contributed by atoms with E-state index in [4.69, 9.17) is 18.9 Å². The maximum atomic E-state index is 15.0. The van der Waals surface area contributed by atoms with Gasteiger partial charge in [0.15, 0.2) is 0 Å². The standard InChI is InChI=1S/C52H82O7/c1-5-8-10-11-12-13-14-15-16-17-18-19-20-21-29-38-49(58-50(54)44-39-40-56-42-44)59-52(45-32-25-22-26-33-45,46-34-27-23-28-35-46)51(55)57-48(7-3)41-43(4)31-30-37-47(53)36-24-9-6-2/h22-23,25-28,32-35,43-44,48-49H,5-21,24,29-31,36-42H2,1-4H3. The number of hydrogen-bond donors (Lipinski definition) is 0. The summed E-state index contributed by atoms with van der Waals surface area (Å²) in [4.78, 5) is 41.0. The van der Waals surface area contributed by atoms with Crippen molar-refractivity contribution in [3.8, 4) is 0 Å².